The van der Waals surface area contributed by atoms with Gasteiger partial charge in [-0.15, -0.1) is 0 Å². The van der Waals surface area contributed by atoms with Crippen molar-refractivity contribution in [2.75, 3.05) is 0 Å². The smallest absolute Gasteiger partial charge is 0.262 e. The average molecular weight is 402 g/mol. The van der Waals surface area contributed by atoms with Gasteiger partial charge in [0.2, 0.25) is 5.91 Å². The van der Waals surface area contributed by atoms with Crippen LogP contribution in [0.1, 0.15) is 53.4 Å². The van der Waals surface area contributed by atoms with Crippen molar-refractivity contribution < 1.29 is 4.79 Å². The van der Waals surface area contributed by atoms with Crippen LogP contribution >= 0.6 is 11.8 Å². The van der Waals surface area contributed by atoms with E-state index in [9.17, 15) is 9.59 Å². The summed E-state index contributed by atoms with van der Waals surface area (Å²) in [7, 11) is 0. The number of carbonyl (C=O) groups is 1. The molecule has 0 aliphatic heterocycles. The van der Waals surface area contributed by atoms with E-state index in [0.717, 1.165) is 6.42 Å². The molecule has 0 spiro atoms. The van der Waals surface area contributed by atoms with Gasteiger partial charge in [-0.25, -0.2) is 4.98 Å². The van der Waals surface area contributed by atoms with E-state index in [1.165, 1.54) is 31.0 Å². The average Bonchev–Trinajstić information content (AvgIpc) is 2.66. The first-order valence-corrected chi connectivity index (χ1v) is 11.2. The highest BCUT2D eigenvalue weighted by molar-refractivity contribution is 8.00. The second kappa shape index (κ2) is 9.12. The quantitative estimate of drug-likeness (QED) is 0.581. The number of fused-ring (bicyclic) bond motifs is 1. The van der Waals surface area contributed by atoms with Crippen LogP contribution in [0.4, 0.5) is 0 Å². The Hall–Kier alpha value is -1.82. The fourth-order valence-corrected chi connectivity index (χ4v) is 4.73. The zero-order valence-corrected chi connectivity index (χ0v) is 18.1. The van der Waals surface area contributed by atoms with E-state index in [-0.39, 0.29) is 22.8 Å². The minimum Gasteiger partial charge on any atom is -0.352 e. The monoisotopic (exact) mass is 401 g/mol. The van der Waals surface area contributed by atoms with Crippen LogP contribution in [0.15, 0.2) is 34.2 Å². The molecule has 1 aliphatic rings. The lowest BCUT2D eigenvalue weighted by Gasteiger charge is -2.30. The molecule has 6 heteroatoms. The lowest BCUT2D eigenvalue weighted by molar-refractivity contribution is -0.121. The SMILES string of the molecule is CC(C)Cn1c(S[C@H](C)C(=O)N[C@H]2CCCC[C@H]2C)nc2ccccc2c1=O. The highest BCUT2D eigenvalue weighted by Crippen LogP contribution is 2.26. The number of rotatable bonds is 6. The maximum absolute atomic E-state index is 13.0. The van der Waals surface area contributed by atoms with Crippen molar-refractivity contribution in [3.63, 3.8) is 0 Å². The number of para-hydroxylation sites is 1. The summed E-state index contributed by atoms with van der Waals surface area (Å²) in [4.78, 5) is 30.5. The van der Waals surface area contributed by atoms with Crippen LogP contribution in [0.3, 0.4) is 0 Å². The minimum absolute atomic E-state index is 0.0299. The molecule has 1 amide bonds. The first-order valence-electron chi connectivity index (χ1n) is 10.3. The van der Waals surface area contributed by atoms with Gasteiger partial charge in [0.25, 0.3) is 5.56 Å². The molecule has 1 aromatic carbocycles. The third-order valence-corrected chi connectivity index (χ3v) is 6.56. The Bertz CT molecular complexity index is 893. The van der Waals surface area contributed by atoms with Crippen molar-refractivity contribution in [2.45, 2.75) is 76.4 Å². The second-order valence-electron chi connectivity index (χ2n) is 8.36. The Morgan fingerprint density at radius 2 is 1.96 bits per heavy atom. The van der Waals surface area contributed by atoms with Gasteiger partial charge in [0.15, 0.2) is 5.16 Å². The Kier molecular flexibility index (Phi) is 6.81. The summed E-state index contributed by atoms with van der Waals surface area (Å²) in [5.41, 5.74) is 0.652. The zero-order chi connectivity index (χ0) is 20.3. The van der Waals surface area contributed by atoms with Crippen molar-refractivity contribution in [1.82, 2.24) is 14.9 Å². The summed E-state index contributed by atoms with van der Waals surface area (Å²) in [5, 5.41) is 4.17. The van der Waals surface area contributed by atoms with Gasteiger partial charge in [-0.2, -0.15) is 0 Å². The van der Waals surface area contributed by atoms with E-state index in [1.54, 1.807) is 4.57 Å². The molecule has 2 aromatic rings. The van der Waals surface area contributed by atoms with Crippen molar-refractivity contribution >= 4 is 28.6 Å². The van der Waals surface area contributed by atoms with Gasteiger partial charge < -0.3 is 5.32 Å². The first-order chi connectivity index (χ1) is 13.4. The Morgan fingerprint density at radius 1 is 1.25 bits per heavy atom. The molecule has 1 saturated carbocycles. The summed E-state index contributed by atoms with van der Waals surface area (Å²) >= 11 is 1.38. The Labute approximate surface area is 171 Å². The second-order valence-corrected chi connectivity index (χ2v) is 9.67. The summed E-state index contributed by atoms with van der Waals surface area (Å²) < 4.78 is 1.73. The highest BCUT2D eigenvalue weighted by atomic mass is 32.2. The molecule has 0 bridgehead atoms. The fourth-order valence-electron chi connectivity index (χ4n) is 3.81. The summed E-state index contributed by atoms with van der Waals surface area (Å²) in [6, 6.07) is 7.67. The molecule has 1 heterocycles. The van der Waals surface area contributed by atoms with Crippen LogP contribution in [0, 0.1) is 11.8 Å². The van der Waals surface area contributed by atoms with E-state index in [2.05, 4.69) is 26.1 Å². The number of amides is 1. The predicted molar refractivity (Wildman–Crippen MR) is 116 cm³/mol. The number of aromatic nitrogens is 2. The van der Waals surface area contributed by atoms with Crippen LogP contribution in [0.2, 0.25) is 0 Å². The molecular formula is C22H31N3O2S. The topological polar surface area (TPSA) is 64.0 Å². The van der Waals surface area contributed by atoms with Crippen LogP contribution in [0.5, 0.6) is 0 Å². The summed E-state index contributed by atoms with van der Waals surface area (Å²) in [5.74, 6) is 0.863. The number of carbonyl (C=O) groups excluding carboxylic acids is 1. The molecule has 1 aromatic heterocycles. The van der Waals surface area contributed by atoms with E-state index >= 15 is 0 Å². The van der Waals surface area contributed by atoms with Crippen molar-refractivity contribution in [1.29, 1.82) is 0 Å². The Morgan fingerprint density at radius 3 is 2.68 bits per heavy atom. The van der Waals surface area contributed by atoms with Crippen LogP contribution in [0.25, 0.3) is 10.9 Å². The van der Waals surface area contributed by atoms with Gasteiger partial charge in [0.1, 0.15) is 0 Å². The molecule has 0 radical (unpaired) electrons. The number of hydrogen-bond acceptors (Lipinski definition) is 4. The minimum atomic E-state index is -0.305. The molecule has 0 saturated heterocycles. The lowest BCUT2D eigenvalue weighted by Crippen LogP contribution is -2.44. The highest BCUT2D eigenvalue weighted by Gasteiger charge is 2.26. The van der Waals surface area contributed by atoms with Gasteiger partial charge in [0, 0.05) is 12.6 Å². The summed E-state index contributed by atoms with van der Waals surface area (Å²) in [6.45, 7) is 8.86. The van der Waals surface area contributed by atoms with Gasteiger partial charge in [-0.1, -0.05) is 57.5 Å². The number of benzene rings is 1. The fraction of sp³-hybridized carbons (Fsp3) is 0.591. The van der Waals surface area contributed by atoms with E-state index < -0.39 is 0 Å². The molecule has 3 atom stereocenters. The first kappa shape index (κ1) is 20.9. The maximum Gasteiger partial charge on any atom is 0.262 e. The van der Waals surface area contributed by atoms with Crippen LogP contribution in [-0.4, -0.2) is 26.8 Å². The normalized spacial score (nSPS) is 21.0. The molecule has 152 valence electrons. The standard InChI is InChI=1S/C22H31N3O2S/c1-14(2)13-25-21(27)17-10-6-8-12-19(17)24-22(25)28-16(4)20(26)23-18-11-7-5-9-15(18)3/h6,8,10,12,14-16,18H,5,7,9,11,13H2,1-4H3,(H,23,26)/t15-,16-,18+/m1/s1. The van der Waals surface area contributed by atoms with Crippen molar-refractivity contribution in [3.05, 3.63) is 34.6 Å². The molecular weight excluding hydrogens is 370 g/mol. The third kappa shape index (κ3) is 4.77. The van der Waals surface area contributed by atoms with E-state index in [0.29, 0.717) is 34.4 Å². The van der Waals surface area contributed by atoms with Gasteiger partial charge >= 0.3 is 0 Å². The maximum atomic E-state index is 13.0. The third-order valence-electron chi connectivity index (χ3n) is 5.46. The van der Waals surface area contributed by atoms with Gasteiger partial charge in [-0.3, -0.25) is 14.2 Å². The number of thioether (sulfide) groups is 1. The zero-order valence-electron chi connectivity index (χ0n) is 17.3. The number of nitrogens with one attached hydrogen (secondary N) is 1. The molecule has 1 N–H and O–H groups in total. The van der Waals surface area contributed by atoms with Gasteiger partial charge in [0.05, 0.1) is 16.2 Å². The largest absolute Gasteiger partial charge is 0.352 e. The van der Waals surface area contributed by atoms with Crippen molar-refractivity contribution in [2.24, 2.45) is 11.8 Å². The predicted octanol–water partition coefficient (Wildman–Crippen LogP) is 4.23. The van der Waals surface area contributed by atoms with E-state index in [1.807, 2.05) is 31.2 Å². The molecule has 1 aliphatic carbocycles. The van der Waals surface area contributed by atoms with E-state index in [4.69, 9.17) is 4.98 Å². The molecule has 5 nitrogen and oxygen atoms in total. The van der Waals surface area contributed by atoms with Gasteiger partial charge in [-0.05, 0) is 43.7 Å². The molecule has 3 rings (SSSR count). The number of nitrogens with zero attached hydrogens (tertiary/aromatic N) is 2. The molecule has 0 unspecified atom stereocenters. The molecule has 28 heavy (non-hydrogen) atoms. The summed E-state index contributed by atoms with van der Waals surface area (Å²) in [6.07, 6.45) is 4.65. The molecule has 1 fully saturated rings. The van der Waals surface area contributed by atoms with Crippen LogP contribution in [-0.2, 0) is 11.3 Å². The Balaban J connectivity index is 1.83. The lowest BCUT2D eigenvalue weighted by atomic mass is 9.86. The number of hydrogen-bond donors (Lipinski definition) is 1. The van der Waals surface area contributed by atoms with Crippen LogP contribution < -0.4 is 10.9 Å². The van der Waals surface area contributed by atoms with Crippen molar-refractivity contribution in [3.8, 4) is 0 Å².